The van der Waals surface area contributed by atoms with E-state index in [1.165, 1.54) is 0 Å². The largest absolute Gasteiger partial charge is 0.497 e. The molecule has 0 unspecified atom stereocenters. The molecule has 0 N–H and O–H groups in total. The Hall–Kier alpha value is -1.57. The standard InChI is InChI=1S/C13H16O2/c1-4-9-13(2,10-14)11-5-7-12(15-3)8-6-11/h4-8,10H,1,9H2,2-3H3/t13-/m1/s1. The lowest BCUT2D eigenvalue weighted by atomic mass is 9.81. The van der Waals surface area contributed by atoms with E-state index in [1.807, 2.05) is 31.2 Å². The molecule has 15 heavy (non-hydrogen) atoms. The number of allylic oxidation sites excluding steroid dienone is 1. The summed E-state index contributed by atoms with van der Waals surface area (Å²) >= 11 is 0. The Bertz CT molecular complexity index is 340. The van der Waals surface area contributed by atoms with Crippen molar-refractivity contribution in [1.29, 1.82) is 0 Å². The van der Waals surface area contributed by atoms with Crippen LogP contribution in [-0.4, -0.2) is 13.4 Å². The molecule has 2 nitrogen and oxygen atoms in total. The summed E-state index contributed by atoms with van der Waals surface area (Å²) in [4.78, 5) is 11.1. The Balaban J connectivity index is 3.01. The van der Waals surface area contributed by atoms with E-state index in [2.05, 4.69) is 6.58 Å². The van der Waals surface area contributed by atoms with Gasteiger partial charge in [-0.1, -0.05) is 18.2 Å². The molecule has 80 valence electrons. The summed E-state index contributed by atoms with van der Waals surface area (Å²) in [6.45, 7) is 5.58. The highest BCUT2D eigenvalue weighted by molar-refractivity contribution is 5.68. The lowest BCUT2D eigenvalue weighted by molar-refractivity contribution is -0.112. The van der Waals surface area contributed by atoms with Crippen molar-refractivity contribution in [2.75, 3.05) is 7.11 Å². The second kappa shape index (κ2) is 4.78. The molecule has 0 amide bonds. The van der Waals surface area contributed by atoms with Gasteiger partial charge in [-0.2, -0.15) is 0 Å². The summed E-state index contributed by atoms with van der Waals surface area (Å²) in [5.41, 5.74) is 0.506. The zero-order chi connectivity index (χ0) is 11.3. The first-order valence-electron chi connectivity index (χ1n) is 4.88. The molecule has 0 heterocycles. The Kier molecular flexibility index (Phi) is 3.67. The van der Waals surface area contributed by atoms with Crippen LogP contribution in [-0.2, 0) is 10.2 Å². The first-order chi connectivity index (χ1) is 7.16. The van der Waals surface area contributed by atoms with E-state index in [9.17, 15) is 4.79 Å². The molecule has 0 saturated carbocycles. The zero-order valence-corrected chi connectivity index (χ0v) is 9.19. The molecule has 0 bridgehead atoms. The van der Waals surface area contributed by atoms with Gasteiger partial charge in [0, 0.05) is 0 Å². The second-order valence-corrected chi connectivity index (χ2v) is 3.76. The number of rotatable bonds is 5. The quantitative estimate of drug-likeness (QED) is 0.544. The number of aldehydes is 1. The molecule has 0 aliphatic rings. The summed E-state index contributed by atoms with van der Waals surface area (Å²) in [5.74, 6) is 0.797. The van der Waals surface area contributed by atoms with Gasteiger partial charge in [0.1, 0.15) is 12.0 Å². The fourth-order valence-electron chi connectivity index (χ4n) is 1.51. The van der Waals surface area contributed by atoms with Crippen molar-refractivity contribution >= 4 is 6.29 Å². The van der Waals surface area contributed by atoms with Crippen LogP contribution in [0.25, 0.3) is 0 Å². The fraction of sp³-hybridized carbons (Fsp3) is 0.308. The van der Waals surface area contributed by atoms with Crippen LogP contribution in [0.1, 0.15) is 18.9 Å². The molecule has 0 spiro atoms. The average Bonchev–Trinajstić information content (AvgIpc) is 2.29. The van der Waals surface area contributed by atoms with Crippen LogP contribution in [0.3, 0.4) is 0 Å². The Morgan fingerprint density at radius 1 is 1.40 bits per heavy atom. The van der Waals surface area contributed by atoms with Crippen molar-refractivity contribution in [2.24, 2.45) is 0 Å². The number of hydrogen-bond acceptors (Lipinski definition) is 2. The predicted octanol–water partition coefficient (Wildman–Crippen LogP) is 2.73. The average molecular weight is 204 g/mol. The van der Waals surface area contributed by atoms with E-state index in [-0.39, 0.29) is 0 Å². The third-order valence-electron chi connectivity index (χ3n) is 2.58. The molecule has 1 aromatic rings. The third-order valence-corrected chi connectivity index (χ3v) is 2.58. The minimum absolute atomic E-state index is 0.478. The van der Waals surface area contributed by atoms with Crippen LogP contribution in [0.2, 0.25) is 0 Å². The highest BCUT2D eigenvalue weighted by atomic mass is 16.5. The lowest BCUT2D eigenvalue weighted by Crippen LogP contribution is -2.22. The molecule has 2 heteroatoms. The molecule has 1 rings (SSSR count). The van der Waals surface area contributed by atoms with Crippen LogP contribution < -0.4 is 4.74 Å². The highest BCUT2D eigenvalue weighted by Crippen LogP contribution is 2.27. The van der Waals surface area contributed by atoms with Crippen LogP contribution in [0.5, 0.6) is 5.75 Å². The summed E-state index contributed by atoms with van der Waals surface area (Å²) < 4.78 is 5.07. The smallest absolute Gasteiger partial charge is 0.130 e. The molecule has 0 aliphatic carbocycles. The summed E-state index contributed by atoms with van der Waals surface area (Å²) in [6.07, 6.45) is 3.37. The zero-order valence-electron chi connectivity index (χ0n) is 9.19. The van der Waals surface area contributed by atoms with Crippen LogP contribution in [0.4, 0.5) is 0 Å². The van der Waals surface area contributed by atoms with Gasteiger partial charge < -0.3 is 9.53 Å². The maximum atomic E-state index is 11.1. The number of ether oxygens (including phenoxy) is 1. The van der Waals surface area contributed by atoms with Gasteiger partial charge in [-0.15, -0.1) is 6.58 Å². The normalized spacial score (nSPS) is 14.0. The summed E-state index contributed by atoms with van der Waals surface area (Å²) in [5, 5.41) is 0. The third kappa shape index (κ3) is 2.46. The van der Waals surface area contributed by atoms with Crippen LogP contribution in [0, 0.1) is 0 Å². The van der Waals surface area contributed by atoms with Crippen molar-refractivity contribution in [3.63, 3.8) is 0 Å². The van der Waals surface area contributed by atoms with Crippen molar-refractivity contribution in [3.8, 4) is 5.75 Å². The van der Waals surface area contributed by atoms with Gasteiger partial charge in [0.05, 0.1) is 12.5 Å². The van der Waals surface area contributed by atoms with Crippen molar-refractivity contribution < 1.29 is 9.53 Å². The summed E-state index contributed by atoms with van der Waals surface area (Å²) in [7, 11) is 1.62. The topological polar surface area (TPSA) is 26.3 Å². The Morgan fingerprint density at radius 2 is 2.00 bits per heavy atom. The number of benzene rings is 1. The maximum Gasteiger partial charge on any atom is 0.130 e. The van der Waals surface area contributed by atoms with Crippen molar-refractivity contribution in [3.05, 3.63) is 42.5 Å². The van der Waals surface area contributed by atoms with Crippen LogP contribution in [0.15, 0.2) is 36.9 Å². The van der Waals surface area contributed by atoms with Crippen molar-refractivity contribution in [2.45, 2.75) is 18.8 Å². The van der Waals surface area contributed by atoms with E-state index >= 15 is 0 Å². The molecule has 1 atom stereocenters. The fourth-order valence-corrected chi connectivity index (χ4v) is 1.51. The molecular formula is C13H16O2. The van der Waals surface area contributed by atoms with Crippen LogP contribution >= 0.6 is 0 Å². The van der Waals surface area contributed by atoms with E-state index in [1.54, 1.807) is 13.2 Å². The number of hydrogen-bond donors (Lipinski definition) is 0. The van der Waals surface area contributed by atoms with Gasteiger partial charge in [-0.3, -0.25) is 0 Å². The Labute approximate surface area is 90.6 Å². The number of methoxy groups -OCH3 is 1. The summed E-state index contributed by atoms with van der Waals surface area (Å²) in [6, 6.07) is 7.55. The molecule has 0 aromatic heterocycles. The monoisotopic (exact) mass is 204 g/mol. The molecule has 0 radical (unpaired) electrons. The molecule has 1 aromatic carbocycles. The van der Waals surface area contributed by atoms with E-state index in [0.717, 1.165) is 17.6 Å². The molecule has 0 saturated heterocycles. The van der Waals surface area contributed by atoms with Gasteiger partial charge in [0.15, 0.2) is 0 Å². The first-order valence-corrected chi connectivity index (χ1v) is 4.88. The van der Waals surface area contributed by atoms with E-state index in [4.69, 9.17) is 4.74 Å². The van der Waals surface area contributed by atoms with E-state index in [0.29, 0.717) is 6.42 Å². The molecule has 0 aliphatic heterocycles. The SMILES string of the molecule is C=CC[C@](C)(C=O)c1ccc(OC)cc1. The van der Waals surface area contributed by atoms with Gasteiger partial charge in [-0.25, -0.2) is 0 Å². The van der Waals surface area contributed by atoms with Gasteiger partial charge in [0.25, 0.3) is 0 Å². The lowest BCUT2D eigenvalue weighted by Gasteiger charge is -2.21. The highest BCUT2D eigenvalue weighted by Gasteiger charge is 2.24. The molecular weight excluding hydrogens is 188 g/mol. The van der Waals surface area contributed by atoms with E-state index < -0.39 is 5.41 Å². The number of carbonyl (C=O) groups is 1. The molecule has 0 fully saturated rings. The second-order valence-electron chi connectivity index (χ2n) is 3.76. The first kappa shape index (κ1) is 11.5. The van der Waals surface area contributed by atoms with Gasteiger partial charge >= 0.3 is 0 Å². The minimum Gasteiger partial charge on any atom is -0.497 e. The van der Waals surface area contributed by atoms with Gasteiger partial charge in [0.2, 0.25) is 0 Å². The maximum absolute atomic E-state index is 11.1. The van der Waals surface area contributed by atoms with Crippen molar-refractivity contribution in [1.82, 2.24) is 0 Å². The minimum atomic E-state index is -0.478. The Morgan fingerprint density at radius 3 is 2.40 bits per heavy atom. The predicted molar refractivity (Wildman–Crippen MR) is 61.2 cm³/mol. The van der Waals surface area contributed by atoms with Gasteiger partial charge in [-0.05, 0) is 31.0 Å². The number of carbonyl (C=O) groups excluding carboxylic acids is 1.